The van der Waals surface area contributed by atoms with Gasteiger partial charge < -0.3 is 20.6 Å². The molecule has 1 fully saturated rings. The highest BCUT2D eigenvalue weighted by atomic mass is 127. The number of guanidine groups is 1. The molecule has 0 spiro atoms. The van der Waals surface area contributed by atoms with Crippen LogP contribution in [0.15, 0.2) is 59.6 Å². The van der Waals surface area contributed by atoms with Crippen molar-refractivity contribution in [3.63, 3.8) is 0 Å². The molecule has 5 nitrogen and oxygen atoms in total. The van der Waals surface area contributed by atoms with Crippen molar-refractivity contribution in [2.45, 2.75) is 39.2 Å². The van der Waals surface area contributed by atoms with Gasteiger partial charge in [0, 0.05) is 38.5 Å². The van der Waals surface area contributed by atoms with Crippen LogP contribution in [0.3, 0.4) is 0 Å². The highest BCUT2D eigenvalue weighted by Gasteiger charge is 2.18. The topological polar surface area (TPSA) is 59.9 Å². The predicted octanol–water partition coefficient (Wildman–Crippen LogP) is 4.37. The van der Waals surface area contributed by atoms with E-state index in [9.17, 15) is 5.11 Å². The van der Waals surface area contributed by atoms with E-state index in [-0.39, 0.29) is 24.0 Å². The molecule has 31 heavy (non-hydrogen) atoms. The lowest BCUT2D eigenvalue weighted by atomic mass is 9.97. The summed E-state index contributed by atoms with van der Waals surface area (Å²) in [7, 11) is 0. The van der Waals surface area contributed by atoms with Crippen LogP contribution in [0.25, 0.3) is 0 Å². The van der Waals surface area contributed by atoms with E-state index in [1.807, 2.05) is 0 Å². The van der Waals surface area contributed by atoms with E-state index < -0.39 is 0 Å². The van der Waals surface area contributed by atoms with Gasteiger partial charge in [0.15, 0.2) is 5.96 Å². The Morgan fingerprint density at radius 1 is 1.06 bits per heavy atom. The molecule has 1 aliphatic heterocycles. The van der Waals surface area contributed by atoms with Gasteiger partial charge in [0.2, 0.25) is 0 Å². The summed E-state index contributed by atoms with van der Waals surface area (Å²) in [6, 6.07) is 19.3. The molecular formula is C25H37IN4O. The second kappa shape index (κ2) is 13.6. The average Bonchev–Trinajstić information content (AvgIpc) is 2.81. The molecule has 0 radical (unpaired) electrons. The molecule has 2 aromatic carbocycles. The van der Waals surface area contributed by atoms with Gasteiger partial charge in [0.05, 0.1) is 6.54 Å². The third-order valence-corrected chi connectivity index (χ3v) is 5.88. The van der Waals surface area contributed by atoms with Crippen molar-refractivity contribution in [3.05, 3.63) is 65.7 Å². The first-order chi connectivity index (χ1) is 14.7. The number of aliphatic hydroxyl groups excluding tert-OH is 1. The zero-order chi connectivity index (χ0) is 21.2. The first-order valence-corrected chi connectivity index (χ1v) is 11.2. The van der Waals surface area contributed by atoms with Crippen LogP contribution >= 0.6 is 24.0 Å². The third kappa shape index (κ3) is 8.00. The first-order valence-electron chi connectivity index (χ1n) is 11.2. The summed E-state index contributed by atoms with van der Waals surface area (Å²) < 4.78 is 0. The van der Waals surface area contributed by atoms with Gasteiger partial charge in [-0.3, -0.25) is 0 Å². The van der Waals surface area contributed by atoms with E-state index >= 15 is 0 Å². The molecule has 1 atom stereocenters. The first kappa shape index (κ1) is 25.5. The van der Waals surface area contributed by atoms with Crippen LogP contribution in [0.1, 0.15) is 43.7 Å². The molecule has 1 aliphatic rings. The second-order valence-corrected chi connectivity index (χ2v) is 8.17. The number of rotatable bonds is 8. The van der Waals surface area contributed by atoms with Gasteiger partial charge in [-0.25, -0.2) is 4.99 Å². The molecule has 1 unspecified atom stereocenters. The van der Waals surface area contributed by atoms with Crippen LogP contribution in [0.4, 0.5) is 5.69 Å². The lowest BCUT2D eigenvalue weighted by Gasteiger charge is -2.32. The molecule has 170 valence electrons. The van der Waals surface area contributed by atoms with Gasteiger partial charge in [0.1, 0.15) is 0 Å². The molecule has 2 aromatic rings. The number of hydrogen-bond donors (Lipinski definition) is 3. The van der Waals surface area contributed by atoms with Gasteiger partial charge in [-0.05, 0) is 54.9 Å². The Kier molecular flexibility index (Phi) is 11.2. The van der Waals surface area contributed by atoms with Crippen LogP contribution in [-0.4, -0.2) is 43.9 Å². The molecule has 6 heteroatoms. The molecule has 0 bridgehead atoms. The Balaban J connectivity index is 0.00000341. The number of anilines is 1. The fourth-order valence-corrected chi connectivity index (χ4v) is 3.85. The fraction of sp³-hybridized carbons (Fsp3) is 0.480. The highest BCUT2D eigenvalue weighted by Crippen LogP contribution is 2.23. The number of aliphatic hydroxyl groups is 1. The monoisotopic (exact) mass is 536 g/mol. The summed E-state index contributed by atoms with van der Waals surface area (Å²) in [5.41, 5.74) is 3.80. The quantitative estimate of drug-likeness (QED) is 0.267. The molecule has 0 aliphatic carbocycles. The van der Waals surface area contributed by atoms with Crippen molar-refractivity contribution in [3.8, 4) is 0 Å². The van der Waals surface area contributed by atoms with Crippen molar-refractivity contribution in [1.82, 2.24) is 10.6 Å². The summed E-state index contributed by atoms with van der Waals surface area (Å²) in [6.07, 6.45) is 2.14. The van der Waals surface area contributed by atoms with E-state index in [2.05, 4.69) is 84.0 Å². The molecule has 3 rings (SSSR count). The summed E-state index contributed by atoms with van der Waals surface area (Å²) >= 11 is 0. The molecular weight excluding hydrogens is 499 g/mol. The van der Waals surface area contributed by atoms with Crippen LogP contribution in [-0.2, 0) is 6.54 Å². The van der Waals surface area contributed by atoms with Gasteiger partial charge >= 0.3 is 0 Å². The van der Waals surface area contributed by atoms with E-state index in [0.29, 0.717) is 25.0 Å². The number of hydrogen-bond acceptors (Lipinski definition) is 3. The van der Waals surface area contributed by atoms with Gasteiger partial charge in [-0.2, -0.15) is 0 Å². The largest absolute Gasteiger partial charge is 0.396 e. The SMILES string of the molecule is CCNC(=NCc1ccc(N2CCC(CO)CC2)cc1)NCC(C)c1ccccc1.I. The Morgan fingerprint density at radius 3 is 2.35 bits per heavy atom. The Labute approximate surface area is 204 Å². The normalized spacial score (nSPS) is 15.8. The number of piperidine rings is 1. The number of halogens is 1. The van der Waals surface area contributed by atoms with E-state index in [4.69, 9.17) is 4.99 Å². The number of benzene rings is 2. The number of nitrogens with zero attached hydrogens (tertiary/aromatic N) is 2. The second-order valence-electron chi connectivity index (χ2n) is 8.17. The van der Waals surface area contributed by atoms with Crippen molar-refractivity contribution < 1.29 is 5.11 Å². The smallest absolute Gasteiger partial charge is 0.191 e. The predicted molar refractivity (Wildman–Crippen MR) is 142 cm³/mol. The van der Waals surface area contributed by atoms with Crippen LogP contribution < -0.4 is 15.5 Å². The Bertz CT molecular complexity index is 774. The van der Waals surface area contributed by atoms with Crippen molar-refractivity contribution in [1.29, 1.82) is 0 Å². The average molecular weight is 537 g/mol. The standard InChI is InChI=1S/C25H36N4O.HI/c1-3-26-25(27-17-20(2)23-7-5-4-6-8-23)28-18-21-9-11-24(12-10-21)29-15-13-22(19-30)14-16-29;/h4-12,20,22,30H,3,13-19H2,1-2H3,(H2,26,27,28);1H. The van der Waals surface area contributed by atoms with Crippen molar-refractivity contribution >= 4 is 35.6 Å². The molecule has 1 heterocycles. The summed E-state index contributed by atoms with van der Waals surface area (Å²) in [5, 5.41) is 16.1. The van der Waals surface area contributed by atoms with Crippen LogP contribution in [0, 0.1) is 5.92 Å². The fourth-order valence-electron chi connectivity index (χ4n) is 3.85. The van der Waals surface area contributed by atoms with Crippen molar-refractivity contribution in [2.24, 2.45) is 10.9 Å². The molecule has 0 amide bonds. The highest BCUT2D eigenvalue weighted by molar-refractivity contribution is 14.0. The Morgan fingerprint density at radius 2 is 1.74 bits per heavy atom. The minimum Gasteiger partial charge on any atom is -0.396 e. The van der Waals surface area contributed by atoms with Gasteiger partial charge in [-0.1, -0.05) is 49.4 Å². The summed E-state index contributed by atoms with van der Waals surface area (Å²) in [5.74, 6) is 1.75. The summed E-state index contributed by atoms with van der Waals surface area (Å²) in [4.78, 5) is 7.18. The zero-order valence-electron chi connectivity index (χ0n) is 18.8. The Hall–Kier alpha value is -1.80. The minimum absolute atomic E-state index is 0. The van der Waals surface area contributed by atoms with Gasteiger partial charge in [-0.15, -0.1) is 24.0 Å². The van der Waals surface area contributed by atoms with E-state index in [1.54, 1.807) is 0 Å². The maximum Gasteiger partial charge on any atom is 0.191 e. The van der Waals surface area contributed by atoms with Crippen molar-refractivity contribution in [2.75, 3.05) is 37.7 Å². The zero-order valence-corrected chi connectivity index (χ0v) is 21.1. The summed E-state index contributed by atoms with van der Waals surface area (Å²) in [6.45, 7) is 9.03. The lowest BCUT2D eigenvalue weighted by molar-refractivity contribution is 0.203. The van der Waals surface area contributed by atoms with Crippen LogP contribution in [0.5, 0.6) is 0 Å². The van der Waals surface area contributed by atoms with E-state index in [1.165, 1.54) is 16.8 Å². The number of aliphatic imine (C=N–C) groups is 1. The third-order valence-electron chi connectivity index (χ3n) is 5.88. The van der Waals surface area contributed by atoms with E-state index in [0.717, 1.165) is 45.0 Å². The molecule has 0 aromatic heterocycles. The van der Waals surface area contributed by atoms with Gasteiger partial charge in [0.25, 0.3) is 0 Å². The number of nitrogens with one attached hydrogen (secondary N) is 2. The molecule has 1 saturated heterocycles. The van der Waals surface area contributed by atoms with Crippen LogP contribution in [0.2, 0.25) is 0 Å². The maximum atomic E-state index is 9.31. The lowest BCUT2D eigenvalue weighted by Crippen LogP contribution is -2.39. The maximum absolute atomic E-state index is 9.31. The molecule has 3 N–H and O–H groups in total. The minimum atomic E-state index is 0. The molecule has 0 saturated carbocycles.